The zero-order valence-electron chi connectivity index (χ0n) is 13.1. The fourth-order valence-electron chi connectivity index (χ4n) is 2.32. The molecule has 0 fully saturated rings. The number of nitrogens with zero attached hydrogens (tertiary/aromatic N) is 2. The lowest BCUT2D eigenvalue weighted by Gasteiger charge is -2.26. The molecule has 0 radical (unpaired) electrons. The van der Waals surface area contributed by atoms with Gasteiger partial charge in [-0.2, -0.15) is 0 Å². The third-order valence-corrected chi connectivity index (χ3v) is 3.37. The molecule has 2 amide bonds. The molecule has 2 rings (SSSR count). The van der Waals surface area contributed by atoms with Crippen molar-refractivity contribution in [1.82, 2.24) is 15.2 Å². The van der Waals surface area contributed by atoms with Crippen molar-refractivity contribution in [3.05, 3.63) is 50.1 Å². The molecule has 1 aromatic heterocycles. The van der Waals surface area contributed by atoms with Gasteiger partial charge in [0.1, 0.15) is 0 Å². The molecule has 0 spiro atoms. The van der Waals surface area contributed by atoms with Crippen molar-refractivity contribution in [3.8, 4) is 0 Å². The quantitative estimate of drug-likeness (QED) is 0.451. The Hall–Kier alpha value is -3.17. The first-order valence-corrected chi connectivity index (χ1v) is 7.16. The minimum absolute atomic E-state index is 0.146. The average Bonchev–Trinajstić information content (AvgIpc) is 2.48. The third-order valence-electron chi connectivity index (χ3n) is 3.37. The molecule has 1 aliphatic heterocycles. The molecule has 1 aromatic rings. The molecule has 0 aromatic carbocycles. The Morgan fingerprint density at radius 3 is 2.75 bits per heavy atom. The summed E-state index contributed by atoms with van der Waals surface area (Å²) in [5, 5.41) is 15.8. The summed E-state index contributed by atoms with van der Waals surface area (Å²) in [6, 6.07) is 0.976. The molecule has 1 aliphatic rings. The van der Waals surface area contributed by atoms with Gasteiger partial charge in [0, 0.05) is 12.1 Å². The molecule has 0 saturated carbocycles. The predicted octanol–water partition coefficient (Wildman–Crippen LogP) is 0.275. The zero-order valence-corrected chi connectivity index (χ0v) is 13.1. The van der Waals surface area contributed by atoms with Crippen LogP contribution in [0.3, 0.4) is 0 Å². The Labute approximate surface area is 136 Å². The van der Waals surface area contributed by atoms with Crippen LogP contribution in [-0.2, 0) is 16.1 Å². The van der Waals surface area contributed by atoms with Gasteiger partial charge in [-0.3, -0.25) is 14.9 Å². The monoisotopic (exact) mass is 336 g/mol. The number of urea groups is 1. The summed E-state index contributed by atoms with van der Waals surface area (Å²) in [5.41, 5.74) is -0.458. The maximum absolute atomic E-state index is 12.1. The first-order valence-electron chi connectivity index (χ1n) is 7.16. The summed E-state index contributed by atoms with van der Waals surface area (Å²) in [6.07, 6.45) is 1.05. The van der Waals surface area contributed by atoms with Crippen LogP contribution in [0.5, 0.6) is 0 Å². The number of nitro groups is 1. The average molecular weight is 336 g/mol. The van der Waals surface area contributed by atoms with Crippen LogP contribution >= 0.6 is 0 Å². The molecule has 2 N–H and O–H groups in total. The number of aromatic nitrogens is 1. The number of amides is 2. The van der Waals surface area contributed by atoms with Crippen LogP contribution in [0.1, 0.15) is 13.8 Å². The largest absolute Gasteiger partial charge is 0.463 e. The van der Waals surface area contributed by atoms with E-state index in [1.807, 2.05) is 0 Å². The number of ether oxygens (including phenoxy) is 1. The lowest BCUT2D eigenvalue weighted by molar-refractivity contribution is -0.385. The van der Waals surface area contributed by atoms with Crippen molar-refractivity contribution in [1.29, 1.82) is 0 Å². The van der Waals surface area contributed by atoms with E-state index >= 15 is 0 Å². The van der Waals surface area contributed by atoms with Crippen LogP contribution in [0.4, 0.5) is 10.5 Å². The number of allylic oxidation sites excluding steroid dienone is 1. The fourth-order valence-corrected chi connectivity index (χ4v) is 2.32. The van der Waals surface area contributed by atoms with E-state index in [4.69, 9.17) is 4.74 Å². The van der Waals surface area contributed by atoms with Gasteiger partial charge in [-0.1, -0.05) is 0 Å². The first kappa shape index (κ1) is 17.2. The molecule has 1 atom stereocenters. The van der Waals surface area contributed by atoms with Gasteiger partial charge in [0.05, 0.1) is 41.6 Å². The molecular weight excluding hydrogens is 320 g/mol. The van der Waals surface area contributed by atoms with Crippen LogP contribution in [0, 0.1) is 10.1 Å². The Kier molecular flexibility index (Phi) is 4.97. The SMILES string of the molecule is CCOC(=O)C1=C(Cn2cc([N+](=O)[O-])ccc2=O)NC(=O)N[C@@H]1C. The van der Waals surface area contributed by atoms with Gasteiger partial charge in [0.15, 0.2) is 0 Å². The number of pyridine rings is 1. The Morgan fingerprint density at radius 2 is 2.12 bits per heavy atom. The molecule has 0 bridgehead atoms. The van der Waals surface area contributed by atoms with E-state index in [2.05, 4.69) is 10.6 Å². The van der Waals surface area contributed by atoms with Gasteiger partial charge in [-0.25, -0.2) is 9.59 Å². The molecule has 0 saturated heterocycles. The second-order valence-corrected chi connectivity index (χ2v) is 5.04. The van der Waals surface area contributed by atoms with Gasteiger partial charge in [0.25, 0.3) is 11.2 Å². The number of hydrogen-bond acceptors (Lipinski definition) is 6. The van der Waals surface area contributed by atoms with Gasteiger partial charge in [-0.15, -0.1) is 0 Å². The van der Waals surface area contributed by atoms with Crippen LogP contribution < -0.4 is 16.2 Å². The van der Waals surface area contributed by atoms with Crippen molar-refractivity contribution in [2.45, 2.75) is 26.4 Å². The summed E-state index contributed by atoms with van der Waals surface area (Å²) in [4.78, 5) is 45.9. The second-order valence-electron chi connectivity index (χ2n) is 5.04. The smallest absolute Gasteiger partial charge is 0.337 e. The predicted molar refractivity (Wildman–Crippen MR) is 82.1 cm³/mol. The van der Waals surface area contributed by atoms with Crippen LogP contribution in [0.15, 0.2) is 34.4 Å². The fraction of sp³-hybridized carbons (Fsp3) is 0.357. The molecule has 128 valence electrons. The number of esters is 1. The molecule has 0 aliphatic carbocycles. The number of nitrogens with one attached hydrogen (secondary N) is 2. The highest BCUT2D eigenvalue weighted by Crippen LogP contribution is 2.16. The summed E-state index contributed by atoms with van der Waals surface area (Å²) >= 11 is 0. The van der Waals surface area contributed by atoms with E-state index in [1.165, 1.54) is 0 Å². The van der Waals surface area contributed by atoms with E-state index < -0.39 is 28.5 Å². The number of hydrogen-bond donors (Lipinski definition) is 2. The topological polar surface area (TPSA) is 133 Å². The maximum Gasteiger partial charge on any atom is 0.337 e. The zero-order chi connectivity index (χ0) is 17.9. The van der Waals surface area contributed by atoms with Crippen molar-refractivity contribution in [2.75, 3.05) is 6.61 Å². The molecule has 10 nitrogen and oxygen atoms in total. The van der Waals surface area contributed by atoms with E-state index in [0.717, 1.165) is 22.9 Å². The van der Waals surface area contributed by atoms with Crippen LogP contribution in [0.25, 0.3) is 0 Å². The third kappa shape index (κ3) is 3.59. The lowest BCUT2D eigenvalue weighted by Crippen LogP contribution is -2.50. The normalized spacial score (nSPS) is 17.1. The van der Waals surface area contributed by atoms with Gasteiger partial charge in [-0.05, 0) is 13.8 Å². The summed E-state index contributed by atoms with van der Waals surface area (Å²) in [6.45, 7) is 3.18. The molecule has 0 unspecified atom stereocenters. The van der Waals surface area contributed by atoms with Crippen molar-refractivity contribution >= 4 is 17.7 Å². The molecule has 10 heteroatoms. The first-order chi connectivity index (χ1) is 11.3. The van der Waals surface area contributed by atoms with Crippen molar-refractivity contribution in [2.24, 2.45) is 0 Å². The van der Waals surface area contributed by atoms with Crippen molar-refractivity contribution in [3.63, 3.8) is 0 Å². The molecular formula is C14H16N4O6. The van der Waals surface area contributed by atoms with E-state index in [0.29, 0.717) is 0 Å². The van der Waals surface area contributed by atoms with Gasteiger partial charge in [0.2, 0.25) is 0 Å². The minimum atomic E-state index is -0.639. The lowest BCUT2D eigenvalue weighted by atomic mass is 10.0. The van der Waals surface area contributed by atoms with Gasteiger partial charge >= 0.3 is 12.0 Å². The summed E-state index contributed by atoms with van der Waals surface area (Å²) in [5.74, 6) is -0.633. The molecule has 24 heavy (non-hydrogen) atoms. The van der Waals surface area contributed by atoms with E-state index in [1.54, 1.807) is 13.8 Å². The van der Waals surface area contributed by atoms with E-state index in [-0.39, 0.29) is 30.1 Å². The highest BCUT2D eigenvalue weighted by Gasteiger charge is 2.30. The Morgan fingerprint density at radius 1 is 1.42 bits per heavy atom. The highest BCUT2D eigenvalue weighted by atomic mass is 16.6. The number of carbonyl (C=O) groups excluding carboxylic acids is 2. The van der Waals surface area contributed by atoms with Gasteiger partial charge < -0.3 is 19.9 Å². The Bertz CT molecular complexity index is 782. The second kappa shape index (κ2) is 6.94. The number of rotatable bonds is 5. The van der Waals surface area contributed by atoms with Crippen LogP contribution in [-0.4, -0.2) is 34.1 Å². The molecule has 2 heterocycles. The maximum atomic E-state index is 12.1. The minimum Gasteiger partial charge on any atom is -0.463 e. The van der Waals surface area contributed by atoms with Crippen LogP contribution in [0.2, 0.25) is 0 Å². The summed E-state index contributed by atoms with van der Waals surface area (Å²) < 4.78 is 6.01. The standard InChI is InChI=1S/C14H16N4O6/c1-3-24-13(20)12-8(2)15-14(21)16-10(12)7-17-6-9(18(22)23)4-5-11(17)19/h4-6,8H,3,7H2,1-2H3,(H2,15,16,21)/t8-/m1/s1. The Balaban J connectivity index is 2.46. The summed E-state index contributed by atoms with van der Waals surface area (Å²) in [7, 11) is 0. The van der Waals surface area contributed by atoms with Crippen molar-refractivity contribution < 1.29 is 19.2 Å². The van der Waals surface area contributed by atoms with E-state index in [9.17, 15) is 24.5 Å². The number of carbonyl (C=O) groups is 2. The highest BCUT2D eigenvalue weighted by molar-refractivity contribution is 5.94.